The largest absolute Gasteiger partial charge is 0.476 e. The Kier molecular flexibility index (Phi) is 7.38. The Morgan fingerprint density at radius 2 is 1.90 bits per heavy atom. The molecule has 116 valence electrons. The summed E-state index contributed by atoms with van der Waals surface area (Å²) >= 11 is 1.19. The van der Waals surface area contributed by atoms with Gasteiger partial charge in [-0.2, -0.15) is 0 Å². The molecule has 1 aromatic rings. The maximum absolute atomic E-state index is 11.6. The minimum Gasteiger partial charge on any atom is -0.476 e. The molecule has 0 saturated carbocycles. The van der Waals surface area contributed by atoms with Crippen molar-refractivity contribution < 1.29 is 19.5 Å². The van der Waals surface area contributed by atoms with Crippen LogP contribution in [0.4, 0.5) is 0 Å². The molecule has 0 spiro atoms. The third-order valence-electron chi connectivity index (χ3n) is 2.59. The van der Waals surface area contributed by atoms with E-state index in [4.69, 9.17) is 5.11 Å². The molecule has 0 radical (unpaired) electrons. The van der Waals surface area contributed by atoms with Crippen LogP contribution >= 0.6 is 11.3 Å². The van der Waals surface area contributed by atoms with Crippen LogP contribution in [-0.2, 0) is 16.1 Å². The van der Waals surface area contributed by atoms with E-state index in [2.05, 4.69) is 15.6 Å². The van der Waals surface area contributed by atoms with Gasteiger partial charge in [-0.25, -0.2) is 9.78 Å². The average Bonchev–Trinajstić information content (AvgIpc) is 2.92. The normalized spacial score (nSPS) is 10.1. The van der Waals surface area contributed by atoms with Crippen LogP contribution in [0.15, 0.2) is 5.38 Å². The minimum absolute atomic E-state index is 0.0168. The molecule has 1 rings (SSSR count). The molecular formula is C13H19N3O4S. The van der Waals surface area contributed by atoms with Crippen LogP contribution < -0.4 is 10.6 Å². The fourth-order valence-electron chi connectivity index (χ4n) is 1.52. The second-order valence-electron chi connectivity index (χ2n) is 4.41. The quantitative estimate of drug-likeness (QED) is 0.634. The Hall–Kier alpha value is -1.96. The van der Waals surface area contributed by atoms with Gasteiger partial charge in [0, 0.05) is 24.8 Å². The van der Waals surface area contributed by atoms with Crippen molar-refractivity contribution in [1.82, 2.24) is 15.6 Å². The molecular weight excluding hydrogens is 294 g/mol. The van der Waals surface area contributed by atoms with Crippen molar-refractivity contribution in [2.75, 3.05) is 6.54 Å². The summed E-state index contributed by atoms with van der Waals surface area (Å²) in [5, 5.41) is 16.1. The number of hydrogen-bond donors (Lipinski definition) is 3. The summed E-state index contributed by atoms with van der Waals surface area (Å²) in [6.45, 7) is 2.84. The predicted molar refractivity (Wildman–Crippen MR) is 78.1 cm³/mol. The Balaban J connectivity index is 2.18. The highest BCUT2D eigenvalue weighted by molar-refractivity contribution is 7.09. The van der Waals surface area contributed by atoms with Gasteiger partial charge in [0.2, 0.25) is 11.8 Å². The first-order valence-corrected chi connectivity index (χ1v) is 7.62. The van der Waals surface area contributed by atoms with Crippen LogP contribution in [0.2, 0.25) is 0 Å². The number of nitrogens with zero attached hydrogens (tertiary/aromatic N) is 1. The van der Waals surface area contributed by atoms with Crippen molar-refractivity contribution in [2.45, 2.75) is 39.2 Å². The first kappa shape index (κ1) is 17.1. The molecule has 0 unspecified atom stereocenters. The molecule has 0 aliphatic carbocycles. The molecule has 0 bridgehead atoms. The lowest BCUT2D eigenvalue weighted by atomic mass is 10.2. The van der Waals surface area contributed by atoms with Gasteiger partial charge in [-0.05, 0) is 12.8 Å². The van der Waals surface area contributed by atoms with Gasteiger partial charge in [0.05, 0.1) is 6.54 Å². The standard InChI is InChI=1S/C13H19N3O4S/c1-2-6-14-10(17)4-3-5-11(18)15-7-12-16-9(8-21-12)13(19)20/h8H,2-7H2,1H3,(H,14,17)(H,15,18)(H,19,20). The van der Waals surface area contributed by atoms with Crippen molar-refractivity contribution >= 4 is 29.1 Å². The summed E-state index contributed by atoms with van der Waals surface area (Å²) in [5.74, 6) is -1.30. The second kappa shape index (κ2) is 9.06. The van der Waals surface area contributed by atoms with Gasteiger partial charge < -0.3 is 15.7 Å². The molecule has 21 heavy (non-hydrogen) atoms. The fraction of sp³-hybridized carbons (Fsp3) is 0.538. The number of thiazole rings is 1. The fourth-order valence-corrected chi connectivity index (χ4v) is 2.22. The Bertz CT molecular complexity index is 501. The van der Waals surface area contributed by atoms with Gasteiger partial charge >= 0.3 is 5.97 Å². The lowest BCUT2D eigenvalue weighted by Gasteiger charge is -2.04. The number of carbonyl (C=O) groups excluding carboxylic acids is 2. The smallest absolute Gasteiger partial charge is 0.355 e. The van der Waals surface area contributed by atoms with Crippen molar-refractivity contribution in [3.8, 4) is 0 Å². The molecule has 3 N–H and O–H groups in total. The van der Waals surface area contributed by atoms with E-state index in [1.54, 1.807) is 0 Å². The van der Waals surface area contributed by atoms with Gasteiger partial charge in [-0.3, -0.25) is 9.59 Å². The first-order chi connectivity index (χ1) is 10.0. The number of carboxylic acid groups (broad SMARTS) is 1. The van der Waals surface area contributed by atoms with E-state index in [0.717, 1.165) is 6.42 Å². The number of hydrogen-bond acceptors (Lipinski definition) is 5. The Morgan fingerprint density at radius 1 is 1.24 bits per heavy atom. The van der Waals surface area contributed by atoms with Gasteiger partial charge in [0.1, 0.15) is 5.01 Å². The van der Waals surface area contributed by atoms with Crippen molar-refractivity contribution in [1.29, 1.82) is 0 Å². The highest BCUT2D eigenvalue weighted by Crippen LogP contribution is 2.09. The van der Waals surface area contributed by atoms with E-state index in [1.807, 2.05) is 6.92 Å². The zero-order valence-electron chi connectivity index (χ0n) is 11.8. The van der Waals surface area contributed by atoms with E-state index in [9.17, 15) is 14.4 Å². The SMILES string of the molecule is CCCNC(=O)CCCC(=O)NCc1nc(C(=O)O)cs1. The Labute approximate surface area is 126 Å². The van der Waals surface area contributed by atoms with Crippen LogP contribution in [-0.4, -0.2) is 34.4 Å². The Morgan fingerprint density at radius 3 is 2.48 bits per heavy atom. The highest BCUT2D eigenvalue weighted by Gasteiger charge is 2.10. The summed E-state index contributed by atoms with van der Waals surface area (Å²) in [4.78, 5) is 37.4. The third-order valence-corrected chi connectivity index (χ3v) is 3.44. The number of aromatic carboxylic acids is 1. The molecule has 0 saturated heterocycles. The number of aromatic nitrogens is 1. The van der Waals surface area contributed by atoms with E-state index < -0.39 is 5.97 Å². The zero-order valence-corrected chi connectivity index (χ0v) is 12.7. The van der Waals surface area contributed by atoms with Crippen molar-refractivity contribution in [2.24, 2.45) is 0 Å². The molecule has 8 heteroatoms. The molecule has 0 aliphatic rings. The average molecular weight is 313 g/mol. The van der Waals surface area contributed by atoms with Crippen molar-refractivity contribution in [3.05, 3.63) is 16.1 Å². The zero-order chi connectivity index (χ0) is 15.7. The maximum Gasteiger partial charge on any atom is 0.355 e. The van der Waals surface area contributed by atoms with Gasteiger partial charge in [0.15, 0.2) is 5.69 Å². The van der Waals surface area contributed by atoms with Crippen molar-refractivity contribution in [3.63, 3.8) is 0 Å². The van der Waals surface area contributed by atoms with Gasteiger partial charge in [-0.15, -0.1) is 11.3 Å². The third kappa shape index (κ3) is 6.84. The number of carbonyl (C=O) groups is 3. The molecule has 0 aromatic carbocycles. The van der Waals surface area contributed by atoms with E-state index >= 15 is 0 Å². The van der Waals surface area contributed by atoms with Crippen LogP contribution in [0, 0.1) is 0 Å². The van der Waals surface area contributed by atoms with Crippen LogP contribution in [0.25, 0.3) is 0 Å². The predicted octanol–water partition coefficient (Wildman–Crippen LogP) is 1.15. The van der Waals surface area contributed by atoms with E-state index in [1.165, 1.54) is 16.7 Å². The molecule has 1 aromatic heterocycles. The van der Waals surface area contributed by atoms with Crippen LogP contribution in [0.3, 0.4) is 0 Å². The van der Waals surface area contributed by atoms with Crippen LogP contribution in [0.1, 0.15) is 48.1 Å². The highest BCUT2D eigenvalue weighted by atomic mass is 32.1. The van der Waals surface area contributed by atoms with Gasteiger partial charge in [-0.1, -0.05) is 6.92 Å². The monoisotopic (exact) mass is 313 g/mol. The molecule has 0 aliphatic heterocycles. The molecule has 0 atom stereocenters. The summed E-state index contributed by atoms with van der Waals surface area (Å²) < 4.78 is 0. The molecule has 2 amide bonds. The maximum atomic E-state index is 11.6. The topological polar surface area (TPSA) is 108 Å². The summed E-state index contributed by atoms with van der Waals surface area (Å²) in [6.07, 6.45) is 1.96. The number of carboxylic acids is 1. The minimum atomic E-state index is -1.08. The van der Waals surface area contributed by atoms with E-state index in [-0.39, 0.29) is 30.5 Å². The summed E-state index contributed by atoms with van der Waals surface area (Å²) in [6, 6.07) is 0. The van der Waals surface area contributed by atoms with E-state index in [0.29, 0.717) is 24.4 Å². The number of amides is 2. The number of rotatable bonds is 9. The molecule has 1 heterocycles. The van der Waals surface area contributed by atoms with Gasteiger partial charge in [0.25, 0.3) is 0 Å². The summed E-state index contributed by atoms with van der Waals surface area (Å²) in [5.41, 5.74) is -0.0168. The second-order valence-corrected chi connectivity index (χ2v) is 5.35. The molecule has 0 fully saturated rings. The number of nitrogens with one attached hydrogen (secondary N) is 2. The molecule has 7 nitrogen and oxygen atoms in total. The lowest BCUT2D eigenvalue weighted by molar-refractivity contribution is -0.122. The van der Waals surface area contributed by atoms with Crippen LogP contribution in [0.5, 0.6) is 0 Å². The summed E-state index contributed by atoms with van der Waals surface area (Å²) in [7, 11) is 0. The lowest BCUT2D eigenvalue weighted by Crippen LogP contribution is -2.25. The first-order valence-electron chi connectivity index (χ1n) is 6.74.